The number of piperazine rings is 1. The van der Waals surface area contributed by atoms with Crippen molar-refractivity contribution < 1.29 is 27.1 Å². The number of nitrogens with zero attached hydrogens (tertiary/aromatic N) is 1. The number of hydrogen-bond acceptors (Lipinski definition) is 3. The molecule has 1 atom stereocenters. The van der Waals surface area contributed by atoms with E-state index in [0.717, 1.165) is 12.1 Å². The molecule has 0 bridgehead atoms. The highest BCUT2D eigenvalue weighted by Crippen LogP contribution is 2.40. The first-order chi connectivity index (χ1) is 10.6. The van der Waals surface area contributed by atoms with Crippen molar-refractivity contribution in [1.82, 2.24) is 10.2 Å². The summed E-state index contributed by atoms with van der Waals surface area (Å²) in [7, 11) is 0. The minimum Gasteiger partial charge on any atom is -0.390 e. The van der Waals surface area contributed by atoms with Crippen molar-refractivity contribution in [2.24, 2.45) is 0 Å². The van der Waals surface area contributed by atoms with Crippen LogP contribution in [-0.2, 0) is 6.18 Å². The Morgan fingerprint density at radius 1 is 1.13 bits per heavy atom. The van der Waals surface area contributed by atoms with Gasteiger partial charge >= 0.3 is 6.18 Å². The zero-order chi connectivity index (χ0) is 17.3. The second-order valence-corrected chi connectivity index (χ2v) is 6.29. The van der Waals surface area contributed by atoms with Gasteiger partial charge in [0.1, 0.15) is 12.6 Å². The van der Waals surface area contributed by atoms with Crippen molar-refractivity contribution in [1.29, 1.82) is 0 Å². The van der Waals surface area contributed by atoms with E-state index < -0.39 is 30.3 Å². The number of benzene rings is 1. The van der Waals surface area contributed by atoms with Crippen LogP contribution < -0.4 is 5.32 Å². The highest BCUT2D eigenvalue weighted by Gasteiger charge is 2.45. The minimum atomic E-state index is -4.64. The molecule has 1 aliphatic rings. The molecule has 0 aromatic heterocycles. The lowest BCUT2D eigenvalue weighted by Gasteiger charge is -2.39. The molecule has 0 radical (unpaired) electrons. The van der Waals surface area contributed by atoms with E-state index in [9.17, 15) is 22.0 Å². The predicted octanol–water partition coefficient (Wildman–Crippen LogP) is 3.04. The third-order valence-corrected chi connectivity index (χ3v) is 4.15. The van der Waals surface area contributed by atoms with Crippen LogP contribution in [0.3, 0.4) is 0 Å². The van der Waals surface area contributed by atoms with Crippen molar-refractivity contribution in [2.45, 2.75) is 18.1 Å². The van der Waals surface area contributed by atoms with Crippen LogP contribution in [0.1, 0.15) is 17.2 Å². The molecular weight excluding hydrogens is 387 g/mol. The third kappa shape index (κ3) is 4.40. The molecule has 1 saturated heterocycles. The second-order valence-electron chi connectivity index (χ2n) is 5.38. The van der Waals surface area contributed by atoms with Crippen molar-refractivity contribution in [2.75, 3.05) is 32.8 Å². The molecule has 0 saturated carbocycles. The Balaban J connectivity index is 2.48. The third-order valence-electron chi connectivity index (χ3n) is 3.69. The SMILES string of the molecule is OCC(F)(F)[C@H](c1cc(Br)cc(C(F)(F)F)c1)N1CCNCC1. The van der Waals surface area contributed by atoms with Gasteiger partial charge in [-0.1, -0.05) is 15.9 Å². The van der Waals surface area contributed by atoms with Crippen molar-refractivity contribution in [3.63, 3.8) is 0 Å². The number of nitrogens with one attached hydrogen (secondary N) is 1. The topological polar surface area (TPSA) is 35.5 Å². The van der Waals surface area contributed by atoms with Crippen LogP contribution >= 0.6 is 15.9 Å². The molecule has 0 aliphatic carbocycles. The van der Waals surface area contributed by atoms with Crippen LogP contribution in [-0.4, -0.2) is 48.7 Å². The van der Waals surface area contributed by atoms with Gasteiger partial charge in [-0.05, 0) is 23.8 Å². The van der Waals surface area contributed by atoms with Crippen LogP contribution in [0.5, 0.6) is 0 Å². The van der Waals surface area contributed by atoms with Crippen molar-refractivity contribution >= 4 is 15.9 Å². The molecule has 2 N–H and O–H groups in total. The quantitative estimate of drug-likeness (QED) is 0.759. The summed E-state index contributed by atoms with van der Waals surface area (Å²) < 4.78 is 67.4. The molecule has 3 nitrogen and oxygen atoms in total. The molecular formula is C14H16BrF5N2O. The zero-order valence-electron chi connectivity index (χ0n) is 12.0. The molecule has 1 fully saturated rings. The molecule has 2 rings (SSSR count). The lowest BCUT2D eigenvalue weighted by Crippen LogP contribution is -2.51. The van der Waals surface area contributed by atoms with Gasteiger partial charge < -0.3 is 10.4 Å². The molecule has 23 heavy (non-hydrogen) atoms. The Morgan fingerprint density at radius 2 is 1.74 bits per heavy atom. The van der Waals surface area contributed by atoms with Crippen LogP contribution in [0.4, 0.5) is 22.0 Å². The smallest absolute Gasteiger partial charge is 0.390 e. The number of aliphatic hydroxyl groups is 1. The fraction of sp³-hybridized carbons (Fsp3) is 0.571. The summed E-state index contributed by atoms with van der Waals surface area (Å²) in [6.45, 7) is -0.00597. The minimum absolute atomic E-state index is 0.0659. The first-order valence-corrected chi connectivity index (χ1v) is 7.75. The normalized spacial score (nSPS) is 18.9. The van der Waals surface area contributed by atoms with Crippen LogP contribution in [0, 0.1) is 0 Å². The van der Waals surface area contributed by atoms with E-state index in [1.54, 1.807) is 0 Å². The van der Waals surface area contributed by atoms with Gasteiger partial charge in [-0.25, -0.2) is 8.78 Å². The molecule has 1 aromatic rings. The second kappa shape index (κ2) is 7.00. The standard InChI is InChI=1S/C14H16BrF5N2O/c15-11-6-9(5-10(7-11)14(18,19)20)12(13(16,17)8-23)22-3-1-21-2-4-22/h5-7,12,21,23H,1-4,8H2/t12-/m0/s1. The predicted molar refractivity (Wildman–Crippen MR) is 78.4 cm³/mol. The average molecular weight is 403 g/mol. The Kier molecular flexibility index (Phi) is 5.65. The summed E-state index contributed by atoms with van der Waals surface area (Å²) in [5, 5.41) is 12.0. The number of rotatable bonds is 4. The van der Waals surface area contributed by atoms with E-state index in [0.29, 0.717) is 13.1 Å². The molecule has 0 unspecified atom stereocenters. The summed E-state index contributed by atoms with van der Waals surface area (Å²) >= 11 is 2.95. The molecule has 1 heterocycles. The lowest BCUT2D eigenvalue weighted by atomic mass is 9.96. The van der Waals surface area contributed by atoms with Crippen molar-refractivity contribution in [3.05, 3.63) is 33.8 Å². The molecule has 1 aromatic carbocycles. The molecule has 0 spiro atoms. The first kappa shape index (κ1) is 18.6. The maximum absolute atomic E-state index is 14.2. The molecule has 1 aliphatic heterocycles. The molecule has 130 valence electrons. The van der Waals surface area contributed by atoms with E-state index in [1.165, 1.54) is 11.0 Å². The summed E-state index contributed by atoms with van der Waals surface area (Å²) in [4.78, 5) is 1.40. The lowest BCUT2D eigenvalue weighted by molar-refractivity contribution is -0.138. The maximum atomic E-state index is 14.2. The Hall–Kier alpha value is -0.770. The Labute approximate surface area is 138 Å². The van der Waals surface area contributed by atoms with Gasteiger partial charge in [-0.2, -0.15) is 13.2 Å². The van der Waals surface area contributed by atoms with Gasteiger partial charge in [-0.15, -0.1) is 0 Å². The van der Waals surface area contributed by atoms with Gasteiger partial charge in [0.2, 0.25) is 0 Å². The van der Waals surface area contributed by atoms with E-state index >= 15 is 0 Å². The van der Waals surface area contributed by atoms with Crippen LogP contribution in [0.2, 0.25) is 0 Å². The first-order valence-electron chi connectivity index (χ1n) is 6.96. The largest absolute Gasteiger partial charge is 0.416 e. The molecule has 9 heteroatoms. The summed E-state index contributed by atoms with van der Waals surface area (Å²) in [5.74, 6) is -3.55. The van der Waals surface area contributed by atoms with Crippen LogP contribution in [0.15, 0.2) is 22.7 Å². The molecule has 0 amide bonds. The highest BCUT2D eigenvalue weighted by molar-refractivity contribution is 9.10. The maximum Gasteiger partial charge on any atom is 0.416 e. The number of aliphatic hydroxyl groups excluding tert-OH is 1. The van der Waals surface area contributed by atoms with Gasteiger partial charge in [0.05, 0.1) is 5.56 Å². The van der Waals surface area contributed by atoms with E-state index in [1.807, 2.05) is 0 Å². The Morgan fingerprint density at radius 3 is 2.26 bits per heavy atom. The van der Waals surface area contributed by atoms with E-state index in [-0.39, 0.29) is 23.1 Å². The van der Waals surface area contributed by atoms with Gasteiger partial charge in [0, 0.05) is 30.7 Å². The fourth-order valence-electron chi connectivity index (χ4n) is 2.68. The average Bonchev–Trinajstić information content (AvgIpc) is 2.47. The zero-order valence-corrected chi connectivity index (χ0v) is 13.6. The summed E-state index contributed by atoms with van der Waals surface area (Å²) in [6, 6.07) is 1.19. The monoisotopic (exact) mass is 402 g/mol. The van der Waals surface area contributed by atoms with E-state index in [2.05, 4.69) is 21.2 Å². The Bertz CT molecular complexity index is 546. The fourth-order valence-corrected chi connectivity index (χ4v) is 3.19. The number of hydrogen-bond donors (Lipinski definition) is 2. The van der Waals surface area contributed by atoms with Gasteiger partial charge in [0.15, 0.2) is 0 Å². The van der Waals surface area contributed by atoms with Crippen molar-refractivity contribution in [3.8, 4) is 0 Å². The van der Waals surface area contributed by atoms with E-state index in [4.69, 9.17) is 5.11 Å². The summed E-state index contributed by atoms with van der Waals surface area (Å²) in [6.07, 6.45) is -4.64. The highest BCUT2D eigenvalue weighted by atomic mass is 79.9. The number of halogens is 6. The van der Waals surface area contributed by atoms with Gasteiger partial charge in [-0.3, -0.25) is 4.90 Å². The summed E-state index contributed by atoms with van der Waals surface area (Å²) in [5.41, 5.74) is -1.18. The van der Waals surface area contributed by atoms with Crippen LogP contribution in [0.25, 0.3) is 0 Å². The number of alkyl halides is 5. The van der Waals surface area contributed by atoms with Gasteiger partial charge in [0.25, 0.3) is 5.92 Å².